The Hall–Kier alpha value is -1.55. The van der Waals surface area contributed by atoms with E-state index in [-0.39, 0.29) is 6.61 Å². The number of benzene rings is 1. The Bertz CT molecular complexity index is 357. The Morgan fingerprint density at radius 1 is 1.31 bits per heavy atom. The molecule has 3 N–H and O–H groups in total. The van der Waals surface area contributed by atoms with Crippen molar-refractivity contribution < 1.29 is 15.0 Å². The molecule has 0 atom stereocenters. The summed E-state index contributed by atoms with van der Waals surface area (Å²) in [5.41, 5.74) is 0.800. The fourth-order valence-electron chi connectivity index (χ4n) is 1.30. The maximum atomic E-state index is 10.9. The lowest BCUT2D eigenvalue weighted by atomic mass is 10.1. The molecule has 0 radical (unpaired) electrons. The average Bonchev–Trinajstić information content (AvgIpc) is 2.21. The molecule has 1 aromatic carbocycles. The van der Waals surface area contributed by atoms with Crippen LogP contribution in [-0.4, -0.2) is 28.3 Å². The molecule has 4 nitrogen and oxygen atoms in total. The Morgan fingerprint density at radius 3 is 2.31 bits per heavy atom. The van der Waals surface area contributed by atoms with Crippen molar-refractivity contribution in [1.82, 2.24) is 0 Å². The highest BCUT2D eigenvalue weighted by molar-refractivity contribution is 5.81. The summed E-state index contributed by atoms with van der Waals surface area (Å²) in [5, 5.41) is 20.6. The SMILES string of the molecule is CC(C)(Nc1ccc(CCO)cc1)C(=O)O. The molecule has 0 aromatic heterocycles. The lowest BCUT2D eigenvalue weighted by Gasteiger charge is -2.22. The third kappa shape index (κ3) is 3.24. The topological polar surface area (TPSA) is 69.6 Å². The van der Waals surface area contributed by atoms with Gasteiger partial charge in [-0.2, -0.15) is 0 Å². The summed E-state index contributed by atoms with van der Waals surface area (Å²) in [6.45, 7) is 3.33. The number of rotatable bonds is 5. The van der Waals surface area contributed by atoms with Gasteiger partial charge < -0.3 is 15.5 Å². The maximum Gasteiger partial charge on any atom is 0.328 e. The van der Waals surface area contributed by atoms with E-state index in [4.69, 9.17) is 10.2 Å². The molecule has 1 rings (SSSR count). The molecule has 0 aliphatic rings. The molecule has 0 amide bonds. The number of nitrogens with one attached hydrogen (secondary N) is 1. The van der Waals surface area contributed by atoms with Crippen molar-refractivity contribution in [2.24, 2.45) is 0 Å². The largest absolute Gasteiger partial charge is 0.480 e. The van der Waals surface area contributed by atoms with E-state index in [2.05, 4.69) is 5.32 Å². The van der Waals surface area contributed by atoms with Crippen LogP contribution in [0.2, 0.25) is 0 Å². The molecule has 1 aromatic rings. The number of aliphatic hydroxyl groups is 1. The van der Waals surface area contributed by atoms with Gasteiger partial charge in [0, 0.05) is 12.3 Å². The Morgan fingerprint density at radius 2 is 1.88 bits per heavy atom. The lowest BCUT2D eigenvalue weighted by Crippen LogP contribution is -2.39. The van der Waals surface area contributed by atoms with Crippen LogP contribution in [0.1, 0.15) is 19.4 Å². The van der Waals surface area contributed by atoms with Crippen LogP contribution in [0.3, 0.4) is 0 Å². The van der Waals surface area contributed by atoms with Crippen molar-refractivity contribution in [1.29, 1.82) is 0 Å². The third-order valence-corrected chi connectivity index (χ3v) is 2.35. The molecule has 0 saturated carbocycles. The normalized spacial score (nSPS) is 11.2. The predicted octanol–water partition coefficient (Wildman–Crippen LogP) is 1.50. The fourth-order valence-corrected chi connectivity index (χ4v) is 1.30. The summed E-state index contributed by atoms with van der Waals surface area (Å²) in [7, 11) is 0. The van der Waals surface area contributed by atoms with Gasteiger partial charge in [0.15, 0.2) is 0 Å². The second-order valence-electron chi connectivity index (χ2n) is 4.23. The van der Waals surface area contributed by atoms with Crippen molar-refractivity contribution in [2.75, 3.05) is 11.9 Å². The summed E-state index contributed by atoms with van der Waals surface area (Å²) in [5.74, 6) is -0.896. The van der Waals surface area contributed by atoms with Gasteiger partial charge in [-0.25, -0.2) is 4.79 Å². The van der Waals surface area contributed by atoms with E-state index in [1.54, 1.807) is 13.8 Å². The molecule has 0 fully saturated rings. The summed E-state index contributed by atoms with van der Waals surface area (Å²) < 4.78 is 0. The van der Waals surface area contributed by atoms with Gasteiger partial charge in [0.05, 0.1) is 0 Å². The summed E-state index contributed by atoms with van der Waals surface area (Å²) in [6, 6.07) is 7.37. The van der Waals surface area contributed by atoms with Gasteiger partial charge in [-0.05, 0) is 38.0 Å². The zero-order valence-electron chi connectivity index (χ0n) is 9.53. The van der Waals surface area contributed by atoms with Gasteiger partial charge in [-0.15, -0.1) is 0 Å². The highest BCUT2D eigenvalue weighted by Crippen LogP contribution is 2.16. The van der Waals surface area contributed by atoms with Crippen LogP contribution in [0.5, 0.6) is 0 Å². The molecule has 0 aliphatic carbocycles. The minimum atomic E-state index is -0.988. The van der Waals surface area contributed by atoms with Crippen molar-refractivity contribution >= 4 is 11.7 Å². The second-order valence-corrected chi connectivity index (χ2v) is 4.23. The standard InChI is InChI=1S/C12H17NO3/c1-12(2,11(15)16)13-10-5-3-9(4-6-10)7-8-14/h3-6,13-14H,7-8H2,1-2H3,(H,15,16). The van der Waals surface area contributed by atoms with E-state index < -0.39 is 11.5 Å². The number of carboxylic acid groups (broad SMARTS) is 1. The van der Waals surface area contributed by atoms with E-state index in [1.165, 1.54) is 0 Å². The van der Waals surface area contributed by atoms with Crippen LogP contribution in [-0.2, 0) is 11.2 Å². The third-order valence-electron chi connectivity index (χ3n) is 2.35. The number of carboxylic acids is 1. The summed E-state index contributed by atoms with van der Waals surface area (Å²) >= 11 is 0. The average molecular weight is 223 g/mol. The number of anilines is 1. The first-order valence-corrected chi connectivity index (χ1v) is 5.17. The van der Waals surface area contributed by atoms with Gasteiger partial charge in [0.1, 0.15) is 5.54 Å². The molecule has 0 heterocycles. The molecule has 16 heavy (non-hydrogen) atoms. The molecule has 0 spiro atoms. The van der Waals surface area contributed by atoms with Gasteiger partial charge >= 0.3 is 5.97 Å². The van der Waals surface area contributed by atoms with Crippen molar-refractivity contribution in [3.8, 4) is 0 Å². The van der Waals surface area contributed by atoms with Gasteiger partial charge in [-0.3, -0.25) is 0 Å². The Kier molecular flexibility index (Phi) is 3.90. The maximum absolute atomic E-state index is 10.9. The molecule has 0 saturated heterocycles. The summed E-state index contributed by atoms with van der Waals surface area (Å²) in [4.78, 5) is 10.9. The van der Waals surface area contributed by atoms with Gasteiger partial charge in [0.2, 0.25) is 0 Å². The first kappa shape index (κ1) is 12.5. The monoisotopic (exact) mass is 223 g/mol. The first-order chi connectivity index (χ1) is 7.45. The van der Waals surface area contributed by atoms with E-state index in [0.717, 1.165) is 11.3 Å². The minimum absolute atomic E-state index is 0.118. The van der Waals surface area contributed by atoms with Gasteiger partial charge in [-0.1, -0.05) is 12.1 Å². The number of hydrogen-bond donors (Lipinski definition) is 3. The molecular formula is C12H17NO3. The second kappa shape index (κ2) is 4.99. The smallest absolute Gasteiger partial charge is 0.328 e. The van der Waals surface area contributed by atoms with Gasteiger partial charge in [0.25, 0.3) is 0 Å². The van der Waals surface area contributed by atoms with Crippen molar-refractivity contribution in [3.05, 3.63) is 29.8 Å². The first-order valence-electron chi connectivity index (χ1n) is 5.17. The van der Waals surface area contributed by atoms with Crippen molar-refractivity contribution in [2.45, 2.75) is 25.8 Å². The van der Waals surface area contributed by atoms with E-state index >= 15 is 0 Å². The number of aliphatic hydroxyl groups excluding tert-OH is 1. The van der Waals surface area contributed by atoms with Crippen LogP contribution in [0.15, 0.2) is 24.3 Å². The minimum Gasteiger partial charge on any atom is -0.480 e. The Balaban J connectivity index is 2.72. The van der Waals surface area contributed by atoms with Crippen LogP contribution < -0.4 is 5.32 Å². The quantitative estimate of drug-likeness (QED) is 0.707. The van der Waals surface area contributed by atoms with Crippen LogP contribution in [0, 0.1) is 0 Å². The van der Waals surface area contributed by atoms with Crippen LogP contribution in [0.4, 0.5) is 5.69 Å². The van der Waals surface area contributed by atoms with E-state index in [1.807, 2.05) is 24.3 Å². The summed E-state index contributed by atoms with van der Waals surface area (Å²) in [6.07, 6.45) is 0.614. The highest BCUT2D eigenvalue weighted by atomic mass is 16.4. The molecule has 0 bridgehead atoms. The zero-order chi connectivity index (χ0) is 12.2. The molecule has 88 valence electrons. The highest BCUT2D eigenvalue weighted by Gasteiger charge is 2.26. The fraction of sp³-hybridized carbons (Fsp3) is 0.417. The number of aliphatic carboxylic acids is 1. The predicted molar refractivity (Wildman–Crippen MR) is 62.6 cm³/mol. The molecule has 0 aliphatic heterocycles. The number of carbonyl (C=O) groups is 1. The molecule has 4 heteroatoms. The van der Waals surface area contributed by atoms with E-state index in [0.29, 0.717) is 6.42 Å². The van der Waals surface area contributed by atoms with Crippen LogP contribution in [0.25, 0.3) is 0 Å². The molecular weight excluding hydrogens is 206 g/mol. The number of hydrogen-bond acceptors (Lipinski definition) is 3. The van der Waals surface area contributed by atoms with Crippen LogP contribution >= 0.6 is 0 Å². The van der Waals surface area contributed by atoms with E-state index in [9.17, 15) is 4.79 Å². The van der Waals surface area contributed by atoms with Crippen molar-refractivity contribution in [3.63, 3.8) is 0 Å². The molecule has 0 unspecified atom stereocenters. The zero-order valence-corrected chi connectivity index (χ0v) is 9.53. The Labute approximate surface area is 94.9 Å². The lowest BCUT2D eigenvalue weighted by molar-refractivity contribution is -0.141.